The van der Waals surface area contributed by atoms with Crippen LogP contribution < -0.4 is 5.32 Å². The second-order valence-electron chi connectivity index (χ2n) is 4.66. The van der Waals surface area contributed by atoms with Crippen molar-refractivity contribution in [3.63, 3.8) is 0 Å². The van der Waals surface area contributed by atoms with Crippen molar-refractivity contribution in [2.24, 2.45) is 0 Å². The van der Waals surface area contributed by atoms with Crippen LogP contribution in [0.4, 0.5) is 0 Å². The molecule has 4 nitrogen and oxygen atoms in total. The van der Waals surface area contributed by atoms with Crippen molar-refractivity contribution in [3.05, 3.63) is 16.6 Å². The van der Waals surface area contributed by atoms with Crippen LogP contribution in [0.1, 0.15) is 37.2 Å². The molecule has 1 aliphatic rings. The van der Waals surface area contributed by atoms with Crippen LogP contribution in [-0.4, -0.2) is 30.9 Å². The Kier molecular flexibility index (Phi) is 3.85. The molecule has 0 radical (unpaired) electrons. The van der Waals surface area contributed by atoms with Crippen molar-refractivity contribution in [2.75, 3.05) is 6.26 Å². The molecule has 1 N–H and O–H groups in total. The third kappa shape index (κ3) is 3.05. The third-order valence-electron chi connectivity index (χ3n) is 3.29. The Bertz CT molecular complexity index is 456. The van der Waals surface area contributed by atoms with Crippen LogP contribution in [0.15, 0.2) is 11.6 Å². The minimum atomic E-state index is -2.95. The van der Waals surface area contributed by atoms with E-state index in [4.69, 9.17) is 0 Å². The molecule has 1 aromatic heterocycles. The summed E-state index contributed by atoms with van der Waals surface area (Å²) in [5.41, 5.74) is 0. The van der Waals surface area contributed by atoms with Gasteiger partial charge in [-0.05, 0) is 19.8 Å². The van der Waals surface area contributed by atoms with Gasteiger partial charge in [-0.1, -0.05) is 6.42 Å². The first-order chi connectivity index (χ1) is 7.98. The molecule has 0 aliphatic heterocycles. The van der Waals surface area contributed by atoms with E-state index in [1.807, 2.05) is 12.3 Å². The van der Waals surface area contributed by atoms with E-state index in [1.54, 1.807) is 17.5 Å². The Morgan fingerprint density at radius 2 is 2.29 bits per heavy atom. The average Bonchev–Trinajstić information content (AvgIpc) is 2.85. The molecule has 17 heavy (non-hydrogen) atoms. The molecule has 3 atom stereocenters. The maximum atomic E-state index is 11.7. The van der Waals surface area contributed by atoms with Gasteiger partial charge in [0.25, 0.3) is 0 Å². The predicted octanol–water partition coefficient (Wildman–Crippen LogP) is 1.76. The Hall–Kier alpha value is -0.460. The predicted molar refractivity (Wildman–Crippen MR) is 69.9 cm³/mol. The summed E-state index contributed by atoms with van der Waals surface area (Å²) in [5, 5.41) is 6.13. The smallest absolute Gasteiger partial charge is 0.151 e. The number of hydrogen-bond donors (Lipinski definition) is 1. The summed E-state index contributed by atoms with van der Waals surface area (Å²) in [6.45, 7) is 2.04. The first-order valence-corrected chi connectivity index (χ1v) is 8.66. The van der Waals surface area contributed by atoms with Gasteiger partial charge in [0.1, 0.15) is 5.01 Å². The van der Waals surface area contributed by atoms with Gasteiger partial charge >= 0.3 is 0 Å². The number of aromatic nitrogens is 1. The Morgan fingerprint density at radius 3 is 2.88 bits per heavy atom. The van der Waals surface area contributed by atoms with E-state index in [9.17, 15) is 8.42 Å². The number of hydrogen-bond acceptors (Lipinski definition) is 5. The highest BCUT2D eigenvalue weighted by molar-refractivity contribution is 7.91. The van der Waals surface area contributed by atoms with Gasteiger partial charge in [-0.3, -0.25) is 0 Å². The molecule has 1 saturated carbocycles. The molecule has 1 heterocycles. The second kappa shape index (κ2) is 5.04. The van der Waals surface area contributed by atoms with Crippen LogP contribution >= 0.6 is 11.3 Å². The van der Waals surface area contributed by atoms with Gasteiger partial charge < -0.3 is 5.32 Å². The normalized spacial score (nSPS) is 27.2. The molecule has 2 rings (SSSR count). The summed E-state index contributed by atoms with van der Waals surface area (Å²) in [6.07, 6.45) is 5.82. The van der Waals surface area contributed by atoms with Crippen molar-refractivity contribution >= 4 is 21.2 Å². The largest absolute Gasteiger partial charge is 0.304 e. The SMILES string of the molecule is CC(NC1CCCC1S(C)(=O)=O)c1nccs1. The van der Waals surface area contributed by atoms with E-state index in [1.165, 1.54) is 6.26 Å². The molecule has 0 saturated heterocycles. The molecule has 1 aromatic rings. The zero-order chi connectivity index (χ0) is 12.5. The molecule has 0 spiro atoms. The monoisotopic (exact) mass is 274 g/mol. The summed E-state index contributed by atoms with van der Waals surface area (Å²) in [5.74, 6) is 0. The number of rotatable bonds is 4. The molecular formula is C11H18N2O2S2. The Labute approximate surface area is 106 Å². The highest BCUT2D eigenvalue weighted by atomic mass is 32.2. The maximum absolute atomic E-state index is 11.7. The lowest BCUT2D eigenvalue weighted by molar-refractivity contribution is 0.455. The van der Waals surface area contributed by atoms with Gasteiger partial charge in [-0.2, -0.15) is 0 Å². The zero-order valence-corrected chi connectivity index (χ0v) is 11.7. The van der Waals surface area contributed by atoms with E-state index >= 15 is 0 Å². The molecule has 1 aliphatic carbocycles. The molecule has 1 fully saturated rings. The Morgan fingerprint density at radius 1 is 1.53 bits per heavy atom. The lowest BCUT2D eigenvalue weighted by Gasteiger charge is -2.22. The maximum Gasteiger partial charge on any atom is 0.151 e. The standard InChI is InChI=1S/C11H18N2O2S2/c1-8(11-12-6-7-16-11)13-9-4-3-5-10(9)17(2,14)15/h6-10,13H,3-5H2,1-2H3. The molecule has 0 aromatic carbocycles. The highest BCUT2D eigenvalue weighted by Crippen LogP contribution is 2.27. The van der Waals surface area contributed by atoms with E-state index in [-0.39, 0.29) is 17.3 Å². The first-order valence-electron chi connectivity index (χ1n) is 5.83. The van der Waals surface area contributed by atoms with Gasteiger partial charge in [-0.25, -0.2) is 13.4 Å². The zero-order valence-electron chi connectivity index (χ0n) is 10.1. The summed E-state index contributed by atoms with van der Waals surface area (Å²) in [6, 6.07) is 0.200. The number of thiazole rings is 1. The summed E-state index contributed by atoms with van der Waals surface area (Å²) < 4.78 is 23.3. The highest BCUT2D eigenvalue weighted by Gasteiger charge is 2.35. The van der Waals surface area contributed by atoms with Gasteiger partial charge in [0.15, 0.2) is 9.84 Å². The second-order valence-corrected chi connectivity index (χ2v) is 7.85. The third-order valence-corrected chi connectivity index (χ3v) is 5.91. The van der Waals surface area contributed by atoms with Gasteiger partial charge in [0.05, 0.1) is 11.3 Å². The first kappa shape index (κ1) is 13.0. The molecule has 6 heteroatoms. The quantitative estimate of drug-likeness (QED) is 0.909. The fraction of sp³-hybridized carbons (Fsp3) is 0.727. The number of sulfone groups is 1. The summed E-state index contributed by atoms with van der Waals surface area (Å²) >= 11 is 1.60. The molecule has 96 valence electrons. The van der Waals surface area contributed by atoms with E-state index < -0.39 is 9.84 Å². The van der Waals surface area contributed by atoms with Gasteiger partial charge in [-0.15, -0.1) is 11.3 Å². The molecular weight excluding hydrogens is 256 g/mol. The minimum absolute atomic E-state index is 0.0731. The van der Waals surface area contributed by atoms with Crippen LogP contribution in [0.2, 0.25) is 0 Å². The summed E-state index contributed by atoms with van der Waals surface area (Å²) in [4.78, 5) is 4.25. The van der Waals surface area contributed by atoms with Crippen molar-refractivity contribution in [1.29, 1.82) is 0 Å². The van der Waals surface area contributed by atoms with Gasteiger partial charge in [0, 0.05) is 23.9 Å². The number of nitrogens with one attached hydrogen (secondary N) is 1. The minimum Gasteiger partial charge on any atom is -0.304 e. The van der Waals surface area contributed by atoms with Crippen LogP contribution in [0, 0.1) is 0 Å². The fourth-order valence-corrected chi connectivity index (χ4v) is 4.53. The van der Waals surface area contributed by atoms with Crippen LogP contribution in [0.25, 0.3) is 0 Å². The van der Waals surface area contributed by atoms with E-state index in [2.05, 4.69) is 10.3 Å². The Balaban J connectivity index is 2.04. The van der Waals surface area contributed by atoms with Crippen LogP contribution in [-0.2, 0) is 9.84 Å². The fourth-order valence-electron chi connectivity index (χ4n) is 2.47. The lowest BCUT2D eigenvalue weighted by Crippen LogP contribution is -2.41. The molecule has 0 amide bonds. The van der Waals surface area contributed by atoms with E-state index in [0.29, 0.717) is 0 Å². The van der Waals surface area contributed by atoms with Crippen molar-refractivity contribution in [1.82, 2.24) is 10.3 Å². The van der Waals surface area contributed by atoms with Crippen LogP contribution in [0.5, 0.6) is 0 Å². The van der Waals surface area contributed by atoms with Crippen LogP contribution in [0.3, 0.4) is 0 Å². The van der Waals surface area contributed by atoms with Crippen molar-refractivity contribution in [2.45, 2.75) is 43.5 Å². The molecule has 0 bridgehead atoms. The van der Waals surface area contributed by atoms with Crippen molar-refractivity contribution < 1.29 is 8.42 Å². The lowest BCUT2D eigenvalue weighted by atomic mass is 10.2. The van der Waals surface area contributed by atoms with Crippen molar-refractivity contribution in [3.8, 4) is 0 Å². The topological polar surface area (TPSA) is 59.1 Å². The van der Waals surface area contributed by atoms with E-state index in [0.717, 1.165) is 24.3 Å². The average molecular weight is 274 g/mol. The molecule has 3 unspecified atom stereocenters. The number of nitrogens with zero attached hydrogens (tertiary/aromatic N) is 1. The summed E-state index contributed by atoms with van der Waals surface area (Å²) in [7, 11) is -2.95. The van der Waals surface area contributed by atoms with Gasteiger partial charge in [0.2, 0.25) is 0 Å².